The molecule has 0 spiro atoms. The van der Waals surface area contributed by atoms with E-state index in [1.165, 1.54) is 0 Å². The van der Waals surface area contributed by atoms with Crippen LogP contribution in [0.5, 0.6) is 0 Å². The Morgan fingerprint density at radius 3 is 1.86 bits per heavy atom. The van der Waals surface area contributed by atoms with Crippen LogP contribution in [0.3, 0.4) is 0 Å². The lowest BCUT2D eigenvalue weighted by Gasteiger charge is -1.62. The van der Waals surface area contributed by atoms with Gasteiger partial charge in [-0.3, -0.25) is 4.84 Å². The minimum Gasteiger partial charge on any atom is -0.352 e. The summed E-state index contributed by atoms with van der Waals surface area (Å²) in [5, 5.41) is 0. The number of urea groups is 1. The first-order valence-electron chi connectivity index (χ1n) is 1.63. The third-order valence-corrected chi connectivity index (χ3v) is 0.144. The number of carbonyl (C=O) groups excluding carboxylic acids is 1. The van der Waals surface area contributed by atoms with Gasteiger partial charge >= 0.3 is 6.03 Å². The summed E-state index contributed by atoms with van der Waals surface area (Å²) in [7, 11) is 0. The maximum Gasteiger partial charge on any atom is 0.309 e. The highest BCUT2D eigenvalue weighted by Crippen LogP contribution is 1.70. The van der Waals surface area contributed by atoms with Crippen molar-refractivity contribution >= 4 is 6.03 Å². The Bertz CT molecular complexity index is 55.2. The summed E-state index contributed by atoms with van der Waals surface area (Å²) in [4.78, 5) is 13.2. The van der Waals surface area contributed by atoms with E-state index in [1.54, 1.807) is 0 Å². The van der Waals surface area contributed by atoms with Crippen LogP contribution in [0.4, 0.5) is 4.79 Å². The molecule has 0 saturated carbocycles. The first-order chi connectivity index (χ1) is 3.23. The Labute approximate surface area is 40.6 Å². The lowest BCUT2D eigenvalue weighted by atomic mass is 11.2. The second-order valence-corrected chi connectivity index (χ2v) is 0.835. The van der Waals surface area contributed by atoms with Gasteiger partial charge in [-0.25, -0.2) is 4.79 Å². The molecule has 1 rings (SSSR count). The Balaban J connectivity index is 0.000000105. The Kier molecular flexibility index (Phi) is 2.99. The highest BCUT2D eigenvalue weighted by atomic mass is 16.8. The fourth-order valence-electron chi connectivity index (χ4n) is 0. The molecule has 5 nitrogen and oxygen atoms in total. The summed E-state index contributed by atoms with van der Waals surface area (Å²) in [5.41, 5.74) is 11.0. The molecule has 0 bridgehead atoms. The Morgan fingerprint density at radius 2 is 1.86 bits per heavy atom. The number of nitrogens with two attached hydrogens (primary N) is 2. The van der Waals surface area contributed by atoms with Crippen LogP contribution in [0.1, 0.15) is 0 Å². The number of hydrogen-bond donors (Lipinski definition) is 3. The average molecular weight is 105 g/mol. The van der Waals surface area contributed by atoms with Crippen molar-refractivity contribution in [3.05, 3.63) is 0 Å². The lowest BCUT2D eigenvalue weighted by molar-refractivity contribution is 0.256. The van der Waals surface area contributed by atoms with Crippen LogP contribution in [-0.2, 0) is 4.84 Å². The predicted molar refractivity (Wildman–Crippen MR) is 22.9 cm³/mol. The molecule has 0 unspecified atom stereocenters. The molecule has 42 valence electrons. The van der Waals surface area contributed by atoms with Crippen molar-refractivity contribution in [3.8, 4) is 0 Å². The van der Waals surface area contributed by atoms with Crippen molar-refractivity contribution in [2.45, 2.75) is 0 Å². The molecule has 5 N–H and O–H groups in total. The summed E-state index contributed by atoms with van der Waals surface area (Å²) >= 11 is 0. The standard InChI is InChI=1S/CH4N2O.CH3NO/c2-1(3)4;1-2-3-1/h(H4,2,3,4);2H,1H2. The van der Waals surface area contributed by atoms with E-state index in [2.05, 4.69) is 21.8 Å². The van der Waals surface area contributed by atoms with E-state index >= 15 is 0 Å². The minimum absolute atomic E-state index is 0.750. The SMILES string of the molecule is C1NO1.NC(N)=O. The van der Waals surface area contributed by atoms with Gasteiger partial charge < -0.3 is 11.5 Å². The molecule has 1 heterocycles. The van der Waals surface area contributed by atoms with Crippen LogP contribution < -0.4 is 16.9 Å². The molecule has 5 heteroatoms. The number of hydrogen-bond acceptors (Lipinski definition) is 3. The zero-order chi connectivity index (χ0) is 5.70. The van der Waals surface area contributed by atoms with Gasteiger partial charge in [-0.15, -0.1) is 0 Å². The summed E-state index contributed by atoms with van der Waals surface area (Å²) in [6.07, 6.45) is 0. The van der Waals surface area contributed by atoms with Gasteiger partial charge in [-0.2, -0.15) is 5.48 Å². The normalized spacial score (nSPS) is 13.7. The maximum absolute atomic E-state index is 9.00. The van der Waals surface area contributed by atoms with Crippen LogP contribution >= 0.6 is 0 Å². The van der Waals surface area contributed by atoms with Crippen molar-refractivity contribution in [2.24, 2.45) is 11.5 Å². The van der Waals surface area contributed by atoms with Gasteiger partial charge in [0, 0.05) is 0 Å². The number of nitrogens with one attached hydrogen (secondary N) is 1. The van der Waals surface area contributed by atoms with E-state index in [0.717, 1.165) is 6.73 Å². The number of amides is 2. The van der Waals surface area contributed by atoms with Crippen LogP contribution in [0.25, 0.3) is 0 Å². The summed E-state index contributed by atoms with van der Waals surface area (Å²) in [6.45, 7) is 0.750. The first kappa shape index (κ1) is 6.19. The van der Waals surface area contributed by atoms with E-state index < -0.39 is 6.03 Å². The molecule has 0 radical (unpaired) electrons. The molecule has 0 aliphatic carbocycles. The molecule has 0 atom stereocenters. The maximum atomic E-state index is 9.00. The van der Waals surface area contributed by atoms with E-state index in [4.69, 9.17) is 4.79 Å². The summed E-state index contributed by atoms with van der Waals surface area (Å²) < 4.78 is 0. The van der Waals surface area contributed by atoms with E-state index in [-0.39, 0.29) is 0 Å². The van der Waals surface area contributed by atoms with Crippen LogP contribution in [-0.4, -0.2) is 12.8 Å². The van der Waals surface area contributed by atoms with Gasteiger partial charge in [-0.05, 0) is 0 Å². The van der Waals surface area contributed by atoms with E-state index in [0.29, 0.717) is 0 Å². The molecule has 0 aromatic carbocycles. The molecule has 0 aromatic rings. The van der Waals surface area contributed by atoms with Gasteiger partial charge in [0.1, 0.15) is 6.73 Å². The summed E-state index contributed by atoms with van der Waals surface area (Å²) in [5.74, 6) is 0. The smallest absolute Gasteiger partial charge is 0.309 e. The van der Waals surface area contributed by atoms with Gasteiger partial charge in [0.2, 0.25) is 0 Å². The highest BCUT2D eigenvalue weighted by Gasteiger charge is 1.91. The number of primary amides is 2. The topological polar surface area (TPSA) is 104 Å². The van der Waals surface area contributed by atoms with Crippen molar-refractivity contribution in [1.29, 1.82) is 0 Å². The molecule has 1 aliphatic rings. The number of rotatable bonds is 0. The Hall–Kier alpha value is -0.810. The molecule has 1 saturated heterocycles. The monoisotopic (exact) mass is 105 g/mol. The molecular weight excluding hydrogens is 98.0 g/mol. The number of carbonyl (C=O) groups is 1. The number of hydroxylamine groups is 1. The first-order valence-corrected chi connectivity index (χ1v) is 1.63. The fourth-order valence-corrected chi connectivity index (χ4v) is 0. The van der Waals surface area contributed by atoms with Crippen LogP contribution in [0.2, 0.25) is 0 Å². The van der Waals surface area contributed by atoms with Gasteiger partial charge in [-0.1, -0.05) is 0 Å². The zero-order valence-corrected chi connectivity index (χ0v) is 3.68. The van der Waals surface area contributed by atoms with Crippen LogP contribution in [0.15, 0.2) is 0 Å². The van der Waals surface area contributed by atoms with Crippen molar-refractivity contribution < 1.29 is 9.63 Å². The third kappa shape index (κ3) is 1460. The molecule has 2 amide bonds. The minimum atomic E-state index is -0.833. The molecular formula is C2H7N3O2. The van der Waals surface area contributed by atoms with E-state index in [1.807, 2.05) is 0 Å². The van der Waals surface area contributed by atoms with Crippen LogP contribution in [0, 0.1) is 0 Å². The molecule has 0 aromatic heterocycles. The molecule has 1 aliphatic heterocycles. The fraction of sp³-hybridized carbons (Fsp3) is 0.500. The average Bonchev–Trinajstić information content (AvgIpc) is 2.02. The largest absolute Gasteiger partial charge is 0.352 e. The molecule has 7 heavy (non-hydrogen) atoms. The van der Waals surface area contributed by atoms with Gasteiger partial charge in [0.25, 0.3) is 0 Å². The highest BCUT2D eigenvalue weighted by molar-refractivity contribution is 5.69. The second kappa shape index (κ2) is 3.38. The summed E-state index contributed by atoms with van der Waals surface area (Å²) in [6, 6.07) is -0.833. The van der Waals surface area contributed by atoms with Crippen molar-refractivity contribution in [1.82, 2.24) is 5.48 Å². The van der Waals surface area contributed by atoms with E-state index in [9.17, 15) is 0 Å². The predicted octanol–water partition coefficient (Wildman–Crippen LogP) is -1.50. The van der Waals surface area contributed by atoms with Crippen molar-refractivity contribution in [2.75, 3.05) is 6.73 Å². The van der Waals surface area contributed by atoms with Gasteiger partial charge in [0.05, 0.1) is 0 Å². The van der Waals surface area contributed by atoms with Gasteiger partial charge in [0.15, 0.2) is 0 Å². The third-order valence-electron chi connectivity index (χ3n) is 0.144. The quantitative estimate of drug-likeness (QED) is 0.326. The second-order valence-electron chi connectivity index (χ2n) is 0.835. The zero-order valence-electron chi connectivity index (χ0n) is 3.68. The molecule has 1 fully saturated rings. The van der Waals surface area contributed by atoms with Crippen molar-refractivity contribution in [3.63, 3.8) is 0 Å². The lowest BCUT2D eigenvalue weighted by Crippen LogP contribution is -2.18. The Morgan fingerprint density at radius 1 is 1.71 bits per heavy atom.